The van der Waals surface area contributed by atoms with Crippen LogP contribution >= 0.6 is 11.8 Å². The summed E-state index contributed by atoms with van der Waals surface area (Å²) in [6, 6.07) is 0.199. The number of nitrogens with two attached hydrogens (primary N) is 1. The summed E-state index contributed by atoms with van der Waals surface area (Å²) >= 11 is 1.59. The molecule has 0 heterocycles. The summed E-state index contributed by atoms with van der Waals surface area (Å²) in [5.74, 6) is 0.902. The number of carbonyl (C=O) groups excluding carboxylic acids is 1. The van der Waals surface area contributed by atoms with Gasteiger partial charge in [-0.3, -0.25) is 4.79 Å². The fourth-order valence-corrected chi connectivity index (χ4v) is 1.63. The first kappa shape index (κ1) is 12.8. The first-order chi connectivity index (χ1) is 5.90. The molecule has 0 fully saturated rings. The SMILES string of the molecule is CC(C)NC(=O)C(C)(C)SCCN. The molecule has 0 saturated heterocycles. The van der Waals surface area contributed by atoms with E-state index in [1.807, 2.05) is 27.7 Å². The molecule has 0 rings (SSSR count). The Labute approximate surface area is 84.8 Å². The third-order valence-electron chi connectivity index (χ3n) is 1.55. The normalized spacial score (nSPS) is 11.8. The largest absolute Gasteiger partial charge is 0.353 e. The summed E-state index contributed by atoms with van der Waals surface area (Å²) in [6.07, 6.45) is 0. The highest BCUT2D eigenvalue weighted by molar-refractivity contribution is 8.01. The highest BCUT2D eigenvalue weighted by Gasteiger charge is 2.27. The van der Waals surface area contributed by atoms with Gasteiger partial charge in [-0.15, -0.1) is 11.8 Å². The zero-order valence-corrected chi connectivity index (χ0v) is 9.70. The fraction of sp³-hybridized carbons (Fsp3) is 0.889. The molecular weight excluding hydrogens is 184 g/mol. The number of nitrogens with one attached hydrogen (secondary N) is 1. The van der Waals surface area contributed by atoms with E-state index < -0.39 is 0 Å². The first-order valence-electron chi connectivity index (χ1n) is 4.55. The molecule has 0 bridgehead atoms. The lowest BCUT2D eigenvalue weighted by atomic mass is 10.2. The Morgan fingerprint density at radius 3 is 2.46 bits per heavy atom. The average Bonchev–Trinajstić information content (AvgIpc) is 1.99. The van der Waals surface area contributed by atoms with Crippen LogP contribution in [0.4, 0.5) is 0 Å². The number of thioether (sulfide) groups is 1. The molecule has 3 nitrogen and oxygen atoms in total. The maximum Gasteiger partial charge on any atom is 0.235 e. The molecule has 78 valence electrons. The molecule has 0 radical (unpaired) electrons. The Balaban J connectivity index is 4.03. The van der Waals surface area contributed by atoms with Crippen LogP contribution in [-0.4, -0.2) is 29.0 Å². The Hall–Kier alpha value is -0.220. The molecule has 0 saturated carbocycles. The van der Waals surface area contributed by atoms with E-state index in [4.69, 9.17) is 5.73 Å². The molecule has 0 spiro atoms. The molecule has 1 amide bonds. The minimum absolute atomic E-state index is 0.0842. The van der Waals surface area contributed by atoms with Crippen LogP contribution in [0.25, 0.3) is 0 Å². The molecule has 0 aliphatic rings. The van der Waals surface area contributed by atoms with Crippen LogP contribution in [-0.2, 0) is 4.79 Å². The van der Waals surface area contributed by atoms with Crippen molar-refractivity contribution in [3.63, 3.8) is 0 Å². The van der Waals surface area contributed by atoms with Crippen molar-refractivity contribution in [1.29, 1.82) is 0 Å². The van der Waals surface area contributed by atoms with Crippen LogP contribution in [0, 0.1) is 0 Å². The lowest BCUT2D eigenvalue weighted by molar-refractivity contribution is -0.123. The van der Waals surface area contributed by atoms with Gasteiger partial charge in [-0.05, 0) is 27.7 Å². The number of rotatable bonds is 5. The van der Waals surface area contributed by atoms with Gasteiger partial charge in [-0.1, -0.05) is 0 Å². The van der Waals surface area contributed by atoms with Gasteiger partial charge in [0.05, 0.1) is 4.75 Å². The molecule has 0 aliphatic carbocycles. The number of carbonyl (C=O) groups is 1. The summed E-state index contributed by atoms with van der Waals surface area (Å²) in [6.45, 7) is 8.38. The monoisotopic (exact) mass is 204 g/mol. The van der Waals surface area contributed by atoms with Crippen LogP contribution in [0.1, 0.15) is 27.7 Å². The molecule has 0 atom stereocenters. The second kappa shape index (κ2) is 5.50. The zero-order valence-electron chi connectivity index (χ0n) is 8.89. The van der Waals surface area contributed by atoms with Crippen molar-refractivity contribution in [2.45, 2.75) is 38.5 Å². The third kappa shape index (κ3) is 5.16. The van der Waals surface area contributed by atoms with E-state index >= 15 is 0 Å². The van der Waals surface area contributed by atoms with Crippen LogP contribution < -0.4 is 11.1 Å². The van der Waals surface area contributed by atoms with Crippen LogP contribution in [0.15, 0.2) is 0 Å². The minimum Gasteiger partial charge on any atom is -0.353 e. The Bertz CT molecular complexity index is 169. The smallest absolute Gasteiger partial charge is 0.235 e. The zero-order chi connectivity index (χ0) is 10.5. The summed E-state index contributed by atoms with van der Waals surface area (Å²) in [5.41, 5.74) is 5.38. The van der Waals surface area contributed by atoms with Crippen molar-refractivity contribution in [3.8, 4) is 0 Å². The fourth-order valence-electron chi connectivity index (χ4n) is 0.816. The van der Waals surface area contributed by atoms with Gasteiger partial charge in [0, 0.05) is 18.3 Å². The van der Waals surface area contributed by atoms with E-state index in [-0.39, 0.29) is 16.7 Å². The van der Waals surface area contributed by atoms with Crippen LogP contribution in [0.2, 0.25) is 0 Å². The van der Waals surface area contributed by atoms with E-state index in [2.05, 4.69) is 5.32 Å². The average molecular weight is 204 g/mol. The van der Waals surface area contributed by atoms with E-state index in [1.165, 1.54) is 0 Å². The van der Waals surface area contributed by atoms with Gasteiger partial charge < -0.3 is 11.1 Å². The molecule has 13 heavy (non-hydrogen) atoms. The second-order valence-electron chi connectivity index (χ2n) is 3.78. The summed E-state index contributed by atoms with van der Waals surface area (Å²) < 4.78 is -0.371. The van der Waals surface area contributed by atoms with Crippen molar-refractivity contribution in [1.82, 2.24) is 5.32 Å². The van der Waals surface area contributed by atoms with Gasteiger partial charge in [-0.25, -0.2) is 0 Å². The van der Waals surface area contributed by atoms with Crippen molar-refractivity contribution < 1.29 is 4.79 Å². The maximum absolute atomic E-state index is 11.6. The Kier molecular flexibility index (Phi) is 5.40. The molecule has 4 heteroatoms. The molecule has 3 N–H and O–H groups in total. The highest BCUT2D eigenvalue weighted by Crippen LogP contribution is 2.23. The minimum atomic E-state index is -0.371. The summed E-state index contributed by atoms with van der Waals surface area (Å²) in [4.78, 5) is 11.6. The predicted molar refractivity (Wildman–Crippen MR) is 58.9 cm³/mol. The van der Waals surface area contributed by atoms with Gasteiger partial charge >= 0.3 is 0 Å². The quantitative estimate of drug-likeness (QED) is 0.702. The standard InChI is InChI=1S/C9H20N2OS/c1-7(2)11-8(12)9(3,4)13-6-5-10/h7H,5-6,10H2,1-4H3,(H,11,12). The van der Waals surface area contributed by atoms with E-state index in [9.17, 15) is 4.79 Å². The maximum atomic E-state index is 11.6. The molecule has 0 unspecified atom stereocenters. The molecule has 0 aromatic carbocycles. The van der Waals surface area contributed by atoms with Gasteiger partial charge in [0.25, 0.3) is 0 Å². The predicted octanol–water partition coefficient (Wildman–Crippen LogP) is 0.981. The van der Waals surface area contributed by atoms with Crippen molar-refractivity contribution in [3.05, 3.63) is 0 Å². The van der Waals surface area contributed by atoms with Crippen molar-refractivity contribution >= 4 is 17.7 Å². The third-order valence-corrected chi connectivity index (χ3v) is 2.89. The Morgan fingerprint density at radius 1 is 1.54 bits per heavy atom. The molecule has 0 aromatic rings. The van der Waals surface area contributed by atoms with Gasteiger partial charge in [-0.2, -0.15) is 0 Å². The van der Waals surface area contributed by atoms with E-state index in [1.54, 1.807) is 11.8 Å². The van der Waals surface area contributed by atoms with Gasteiger partial charge in [0.1, 0.15) is 0 Å². The second-order valence-corrected chi connectivity index (χ2v) is 5.49. The molecule has 0 aliphatic heterocycles. The van der Waals surface area contributed by atoms with Gasteiger partial charge in [0.15, 0.2) is 0 Å². The number of amides is 1. The van der Waals surface area contributed by atoms with E-state index in [0.717, 1.165) is 5.75 Å². The number of hydrogen-bond acceptors (Lipinski definition) is 3. The Morgan fingerprint density at radius 2 is 2.08 bits per heavy atom. The van der Waals surface area contributed by atoms with Crippen molar-refractivity contribution in [2.75, 3.05) is 12.3 Å². The highest BCUT2D eigenvalue weighted by atomic mass is 32.2. The first-order valence-corrected chi connectivity index (χ1v) is 5.53. The summed E-state index contributed by atoms with van der Waals surface area (Å²) in [7, 11) is 0. The lowest BCUT2D eigenvalue weighted by Crippen LogP contribution is -2.43. The topological polar surface area (TPSA) is 55.1 Å². The molecular formula is C9H20N2OS. The summed E-state index contributed by atoms with van der Waals surface area (Å²) in [5, 5.41) is 2.89. The van der Waals surface area contributed by atoms with Crippen LogP contribution in [0.5, 0.6) is 0 Å². The van der Waals surface area contributed by atoms with Crippen LogP contribution in [0.3, 0.4) is 0 Å². The van der Waals surface area contributed by atoms with Crippen molar-refractivity contribution in [2.24, 2.45) is 5.73 Å². The van der Waals surface area contributed by atoms with Gasteiger partial charge in [0.2, 0.25) is 5.91 Å². The number of hydrogen-bond donors (Lipinski definition) is 2. The lowest BCUT2D eigenvalue weighted by Gasteiger charge is -2.24. The molecule has 0 aromatic heterocycles. The van der Waals surface area contributed by atoms with E-state index in [0.29, 0.717) is 6.54 Å².